The minimum atomic E-state index is 0.511. The van der Waals surface area contributed by atoms with Crippen molar-refractivity contribution in [1.29, 1.82) is 0 Å². The average Bonchev–Trinajstić information content (AvgIpc) is 2.66. The predicted molar refractivity (Wildman–Crippen MR) is 65.1 cm³/mol. The van der Waals surface area contributed by atoms with E-state index in [1.165, 1.54) is 45.3 Å². The van der Waals surface area contributed by atoms with Crippen LogP contribution in [0, 0.1) is 5.92 Å². The van der Waals surface area contributed by atoms with Crippen molar-refractivity contribution in [3.8, 4) is 0 Å². The van der Waals surface area contributed by atoms with Crippen molar-refractivity contribution in [1.82, 2.24) is 10.2 Å². The Labute approximate surface area is 94.4 Å². The van der Waals surface area contributed by atoms with E-state index in [1.54, 1.807) is 0 Å². The quantitative estimate of drug-likeness (QED) is 0.752. The lowest BCUT2D eigenvalue weighted by atomic mass is 9.90. The zero-order valence-electron chi connectivity index (χ0n) is 10.6. The molecule has 1 N–H and O–H groups in total. The van der Waals surface area contributed by atoms with Crippen molar-refractivity contribution < 1.29 is 0 Å². The molecular formula is C13H26N2. The summed E-state index contributed by atoms with van der Waals surface area (Å²) in [5, 5.41) is 3.55. The van der Waals surface area contributed by atoms with Gasteiger partial charge < -0.3 is 5.32 Å². The lowest BCUT2D eigenvalue weighted by Crippen LogP contribution is -2.61. The molecular weight excluding hydrogens is 184 g/mol. The van der Waals surface area contributed by atoms with E-state index in [1.807, 2.05) is 0 Å². The molecule has 1 unspecified atom stereocenters. The molecule has 2 fully saturated rings. The smallest absolute Gasteiger partial charge is 0.0249 e. The number of hydrogen-bond donors (Lipinski definition) is 1. The van der Waals surface area contributed by atoms with E-state index in [2.05, 4.69) is 31.0 Å². The third kappa shape index (κ3) is 2.21. The Morgan fingerprint density at radius 1 is 1.27 bits per heavy atom. The summed E-state index contributed by atoms with van der Waals surface area (Å²) < 4.78 is 0. The number of nitrogens with zero attached hydrogens (tertiary/aromatic N) is 1. The molecule has 0 spiro atoms. The Kier molecular flexibility index (Phi) is 3.36. The lowest BCUT2D eigenvalue weighted by molar-refractivity contribution is 0.0200. The Morgan fingerprint density at radius 3 is 2.53 bits per heavy atom. The summed E-state index contributed by atoms with van der Waals surface area (Å²) in [7, 11) is 0. The van der Waals surface area contributed by atoms with Crippen LogP contribution in [0.25, 0.3) is 0 Å². The molecule has 1 saturated heterocycles. The predicted octanol–water partition coefficient (Wildman–Crippen LogP) is 2.25. The molecule has 1 aliphatic carbocycles. The molecule has 15 heavy (non-hydrogen) atoms. The molecule has 0 aromatic rings. The molecule has 0 radical (unpaired) electrons. The van der Waals surface area contributed by atoms with Crippen LogP contribution in [0.4, 0.5) is 0 Å². The maximum atomic E-state index is 3.55. The summed E-state index contributed by atoms with van der Waals surface area (Å²) in [4.78, 5) is 2.81. The van der Waals surface area contributed by atoms with Gasteiger partial charge in [-0.05, 0) is 25.7 Å². The monoisotopic (exact) mass is 210 g/mol. The Morgan fingerprint density at radius 2 is 1.93 bits per heavy atom. The number of rotatable bonds is 2. The van der Waals surface area contributed by atoms with Crippen LogP contribution in [-0.2, 0) is 0 Å². The average molecular weight is 210 g/mol. The molecule has 2 aliphatic rings. The normalized spacial score (nSPS) is 32.4. The van der Waals surface area contributed by atoms with Crippen LogP contribution >= 0.6 is 0 Å². The maximum Gasteiger partial charge on any atom is 0.0249 e. The minimum absolute atomic E-state index is 0.511. The Balaban J connectivity index is 2.09. The Bertz CT molecular complexity index is 207. The molecule has 1 heterocycles. The molecule has 1 saturated carbocycles. The van der Waals surface area contributed by atoms with Gasteiger partial charge in [0.1, 0.15) is 0 Å². The van der Waals surface area contributed by atoms with E-state index in [-0.39, 0.29) is 0 Å². The second kappa shape index (κ2) is 4.42. The maximum absolute atomic E-state index is 3.55. The zero-order chi connectivity index (χ0) is 10.9. The van der Waals surface area contributed by atoms with Crippen molar-refractivity contribution in [3.05, 3.63) is 0 Å². The van der Waals surface area contributed by atoms with E-state index in [4.69, 9.17) is 0 Å². The van der Waals surface area contributed by atoms with Crippen molar-refractivity contribution in [3.63, 3.8) is 0 Å². The van der Waals surface area contributed by atoms with E-state index >= 15 is 0 Å². The van der Waals surface area contributed by atoms with E-state index in [0.717, 1.165) is 12.0 Å². The van der Waals surface area contributed by atoms with Crippen LogP contribution in [0.15, 0.2) is 0 Å². The third-order valence-corrected chi connectivity index (χ3v) is 4.43. The molecule has 0 bridgehead atoms. The molecule has 1 aliphatic heterocycles. The van der Waals surface area contributed by atoms with Gasteiger partial charge in [-0.3, -0.25) is 4.90 Å². The van der Waals surface area contributed by atoms with Crippen LogP contribution < -0.4 is 5.32 Å². The van der Waals surface area contributed by atoms with Crippen molar-refractivity contribution in [2.24, 2.45) is 5.92 Å². The van der Waals surface area contributed by atoms with Gasteiger partial charge in [0.15, 0.2) is 0 Å². The SMILES string of the molecule is CC(C)C1CNCCN1C1(C)CCCC1. The fraction of sp³-hybridized carbons (Fsp3) is 1.00. The van der Waals surface area contributed by atoms with Crippen molar-refractivity contribution in [2.75, 3.05) is 19.6 Å². The summed E-state index contributed by atoms with van der Waals surface area (Å²) in [6, 6.07) is 0.752. The lowest BCUT2D eigenvalue weighted by Gasteiger charge is -2.48. The van der Waals surface area contributed by atoms with Crippen LogP contribution in [0.1, 0.15) is 46.5 Å². The molecule has 2 heteroatoms. The van der Waals surface area contributed by atoms with Gasteiger partial charge >= 0.3 is 0 Å². The van der Waals surface area contributed by atoms with Crippen molar-refractivity contribution >= 4 is 0 Å². The van der Waals surface area contributed by atoms with Crippen LogP contribution in [0.5, 0.6) is 0 Å². The standard InChI is InChI=1S/C13H26N2/c1-11(2)12-10-14-8-9-15(12)13(3)6-4-5-7-13/h11-12,14H,4-10H2,1-3H3. The summed E-state index contributed by atoms with van der Waals surface area (Å²) in [5.74, 6) is 0.773. The highest BCUT2D eigenvalue weighted by Crippen LogP contribution is 2.37. The van der Waals surface area contributed by atoms with Crippen LogP contribution in [0.2, 0.25) is 0 Å². The molecule has 0 aromatic carbocycles. The van der Waals surface area contributed by atoms with Gasteiger partial charge in [-0.1, -0.05) is 26.7 Å². The fourth-order valence-corrected chi connectivity index (χ4v) is 3.42. The third-order valence-electron chi connectivity index (χ3n) is 4.43. The first-order valence-electron chi connectivity index (χ1n) is 6.61. The number of piperazine rings is 1. The second-order valence-electron chi connectivity index (χ2n) is 5.91. The molecule has 0 amide bonds. The second-order valence-corrected chi connectivity index (χ2v) is 5.91. The van der Waals surface area contributed by atoms with Gasteiger partial charge in [0.25, 0.3) is 0 Å². The van der Waals surface area contributed by atoms with Gasteiger partial charge in [-0.15, -0.1) is 0 Å². The van der Waals surface area contributed by atoms with Gasteiger partial charge in [0, 0.05) is 31.2 Å². The van der Waals surface area contributed by atoms with Gasteiger partial charge in [-0.2, -0.15) is 0 Å². The fourth-order valence-electron chi connectivity index (χ4n) is 3.42. The summed E-state index contributed by atoms with van der Waals surface area (Å²) in [5.41, 5.74) is 0.511. The minimum Gasteiger partial charge on any atom is -0.314 e. The molecule has 2 rings (SSSR count). The highest BCUT2D eigenvalue weighted by Gasteiger charge is 2.40. The topological polar surface area (TPSA) is 15.3 Å². The van der Waals surface area contributed by atoms with Gasteiger partial charge in [0.05, 0.1) is 0 Å². The molecule has 2 nitrogen and oxygen atoms in total. The number of hydrogen-bond acceptors (Lipinski definition) is 2. The van der Waals surface area contributed by atoms with Gasteiger partial charge in [0.2, 0.25) is 0 Å². The van der Waals surface area contributed by atoms with Crippen molar-refractivity contribution in [2.45, 2.75) is 58.0 Å². The van der Waals surface area contributed by atoms with E-state index in [9.17, 15) is 0 Å². The van der Waals surface area contributed by atoms with E-state index < -0.39 is 0 Å². The Hall–Kier alpha value is -0.0800. The summed E-state index contributed by atoms with van der Waals surface area (Å²) in [6.45, 7) is 10.8. The highest BCUT2D eigenvalue weighted by molar-refractivity contribution is 4.97. The molecule has 0 aromatic heterocycles. The highest BCUT2D eigenvalue weighted by atomic mass is 15.3. The van der Waals surface area contributed by atoms with Crippen LogP contribution in [0.3, 0.4) is 0 Å². The molecule has 1 atom stereocenters. The first-order chi connectivity index (χ1) is 7.13. The van der Waals surface area contributed by atoms with Gasteiger partial charge in [-0.25, -0.2) is 0 Å². The first kappa shape index (κ1) is 11.4. The first-order valence-corrected chi connectivity index (χ1v) is 6.61. The molecule has 88 valence electrons. The largest absolute Gasteiger partial charge is 0.314 e. The zero-order valence-corrected chi connectivity index (χ0v) is 10.6. The van der Waals surface area contributed by atoms with Crippen LogP contribution in [-0.4, -0.2) is 36.1 Å². The summed E-state index contributed by atoms with van der Waals surface area (Å²) >= 11 is 0. The summed E-state index contributed by atoms with van der Waals surface area (Å²) in [6.07, 6.45) is 5.70. The van der Waals surface area contributed by atoms with E-state index in [0.29, 0.717) is 5.54 Å². The number of nitrogens with one attached hydrogen (secondary N) is 1.